The maximum absolute atomic E-state index is 12.5. The first-order valence-corrected chi connectivity index (χ1v) is 10.4. The molecule has 3 rings (SSSR count). The van der Waals surface area contributed by atoms with Gasteiger partial charge in [0.05, 0.1) is 11.5 Å². The maximum atomic E-state index is 12.5. The molecule has 0 saturated heterocycles. The Hall–Kier alpha value is -1.95. The number of hydrogen-bond donors (Lipinski definition) is 0. The molecule has 0 bridgehead atoms. The van der Waals surface area contributed by atoms with Gasteiger partial charge in [-0.2, -0.15) is 8.42 Å². The summed E-state index contributed by atoms with van der Waals surface area (Å²) in [5, 5.41) is 0. The van der Waals surface area contributed by atoms with Crippen LogP contribution in [0.4, 0.5) is 0 Å². The molecule has 0 aliphatic rings. The highest BCUT2D eigenvalue weighted by Gasteiger charge is 2.17. The van der Waals surface area contributed by atoms with E-state index in [9.17, 15) is 8.42 Å². The Morgan fingerprint density at radius 3 is 2.19 bits per heavy atom. The van der Waals surface area contributed by atoms with Crippen molar-refractivity contribution in [3.8, 4) is 11.1 Å². The van der Waals surface area contributed by atoms with Crippen molar-refractivity contribution in [1.29, 1.82) is 0 Å². The Balaban J connectivity index is 1.89. The molecule has 0 N–H and O–H groups in total. The molecule has 0 spiro atoms. The molecule has 3 nitrogen and oxygen atoms in total. The third kappa shape index (κ3) is 4.06. The average molecular weight is 431 g/mol. The minimum atomic E-state index is -3.81. The van der Waals surface area contributed by atoms with Crippen LogP contribution in [0.1, 0.15) is 16.7 Å². The monoisotopic (exact) mass is 430 g/mol. The van der Waals surface area contributed by atoms with Gasteiger partial charge in [-0.3, -0.25) is 4.18 Å². The molecule has 0 amide bonds. The van der Waals surface area contributed by atoms with Crippen molar-refractivity contribution in [2.75, 3.05) is 0 Å². The number of halogens is 1. The van der Waals surface area contributed by atoms with Crippen molar-refractivity contribution in [2.45, 2.75) is 25.3 Å². The van der Waals surface area contributed by atoms with E-state index in [4.69, 9.17) is 4.18 Å². The largest absolute Gasteiger partial charge is 0.297 e. The fourth-order valence-corrected chi connectivity index (χ4v) is 3.99. The topological polar surface area (TPSA) is 43.4 Å². The van der Waals surface area contributed by atoms with E-state index in [0.29, 0.717) is 0 Å². The molecule has 0 saturated carbocycles. The Kier molecular flexibility index (Phi) is 5.61. The number of hydrogen-bond acceptors (Lipinski definition) is 3. The van der Waals surface area contributed by atoms with Crippen LogP contribution in [0.5, 0.6) is 0 Å². The van der Waals surface area contributed by atoms with Gasteiger partial charge in [0.25, 0.3) is 10.1 Å². The smallest absolute Gasteiger partial charge is 0.262 e. The summed E-state index contributed by atoms with van der Waals surface area (Å²) in [5.41, 5.74) is 5.11. The predicted molar refractivity (Wildman–Crippen MR) is 107 cm³/mol. The van der Waals surface area contributed by atoms with Crippen LogP contribution in [0.2, 0.25) is 0 Å². The molecule has 0 unspecified atom stereocenters. The molecular formula is C21H19BrO3S. The fraction of sp³-hybridized carbons (Fsp3) is 0.143. The third-order valence-electron chi connectivity index (χ3n) is 4.38. The average Bonchev–Trinajstić information content (AvgIpc) is 2.62. The standard InChI is InChI=1S/C21H19BrO3S/c1-15-8-13-20(17-6-4-3-5-7-17)16(2)21(15)14-25-26(23,24)19-11-9-18(22)10-12-19/h3-13H,14H2,1-2H3. The van der Waals surface area contributed by atoms with Crippen molar-refractivity contribution in [3.05, 3.63) is 87.9 Å². The van der Waals surface area contributed by atoms with E-state index in [1.54, 1.807) is 12.1 Å². The van der Waals surface area contributed by atoms with Crippen molar-refractivity contribution in [3.63, 3.8) is 0 Å². The summed E-state index contributed by atoms with van der Waals surface area (Å²) in [6.45, 7) is 3.98. The molecule has 0 aromatic heterocycles. The third-order valence-corrected chi connectivity index (χ3v) is 6.18. The minimum absolute atomic E-state index is 0.0107. The summed E-state index contributed by atoms with van der Waals surface area (Å²) >= 11 is 3.30. The van der Waals surface area contributed by atoms with E-state index >= 15 is 0 Å². The van der Waals surface area contributed by atoms with Gasteiger partial charge in [0, 0.05) is 4.47 Å². The van der Waals surface area contributed by atoms with E-state index in [2.05, 4.69) is 22.0 Å². The fourth-order valence-electron chi connectivity index (χ4n) is 2.85. The Morgan fingerprint density at radius 1 is 0.885 bits per heavy atom. The lowest BCUT2D eigenvalue weighted by Gasteiger charge is -2.15. The van der Waals surface area contributed by atoms with E-state index in [0.717, 1.165) is 32.3 Å². The molecule has 3 aromatic rings. The molecule has 0 heterocycles. The summed E-state index contributed by atoms with van der Waals surface area (Å²) < 4.78 is 31.1. The van der Waals surface area contributed by atoms with Crippen LogP contribution in [-0.4, -0.2) is 8.42 Å². The lowest BCUT2D eigenvalue weighted by molar-refractivity contribution is 0.306. The van der Waals surface area contributed by atoms with E-state index in [1.165, 1.54) is 12.1 Å². The van der Waals surface area contributed by atoms with Gasteiger partial charge < -0.3 is 0 Å². The Morgan fingerprint density at radius 2 is 1.54 bits per heavy atom. The zero-order chi connectivity index (χ0) is 18.7. The molecule has 3 aromatic carbocycles. The lowest BCUT2D eigenvalue weighted by atomic mass is 9.94. The maximum Gasteiger partial charge on any atom is 0.297 e. The number of aryl methyl sites for hydroxylation is 1. The highest BCUT2D eigenvalue weighted by atomic mass is 79.9. The molecular weight excluding hydrogens is 412 g/mol. The van der Waals surface area contributed by atoms with Gasteiger partial charge in [0.1, 0.15) is 0 Å². The van der Waals surface area contributed by atoms with Crippen LogP contribution in [-0.2, 0) is 20.9 Å². The van der Waals surface area contributed by atoms with Gasteiger partial charge in [0.2, 0.25) is 0 Å². The second-order valence-corrected chi connectivity index (χ2v) is 8.60. The van der Waals surface area contributed by atoms with Crippen molar-refractivity contribution in [2.24, 2.45) is 0 Å². The summed E-state index contributed by atoms with van der Waals surface area (Å²) in [6.07, 6.45) is 0. The molecule has 0 atom stereocenters. The van der Waals surface area contributed by atoms with Crippen molar-refractivity contribution >= 4 is 26.0 Å². The highest BCUT2D eigenvalue weighted by molar-refractivity contribution is 9.10. The van der Waals surface area contributed by atoms with Crippen LogP contribution < -0.4 is 0 Å². The Labute approximate surface area is 162 Å². The van der Waals surface area contributed by atoms with Gasteiger partial charge in [-0.15, -0.1) is 0 Å². The highest BCUT2D eigenvalue weighted by Crippen LogP contribution is 2.29. The van der Waals surface area contributed by atoms with Gasteiger partial charge in [0.15, 0.2) is 0 Å². The molecule has 0 radical (unpaired) electrons. The van der Waals surface area contributed by atoms with E-state index in [-0.39, 0.29) is 11.5 Å². The van der Waals surface area contributed by atoms with Gasteiger partial charge in [-0.25, -0.2) is 0 Å². The molecule has 0 aliphatic heterocycles. The first-order valence-electron chi connectivity index (χ1n) is 8.18. The molecule has 0 fully saturated rings. The summed E-state index contributed by atoms with van der Waals surface area (Å²) in [6, 6.07) is 20.5. The van der Waals surface area contributed by atoms with Crippen molar-refractivity contribution in [1.82, 2.24) is 0 Å². The summed E-state index contributed by atoms with van der Waals surface area (Å²) in [5.74, 6) is 0. The first-order chi connectivity index (χ1) is 12.4. The normalized spacial score (nSPS) is 11.5. The van der Waals surface area contributed by atoms with Crippen LogP contribution >= 0.6 is 15.9 Å². The van der Waals surface area contributed by atoms with Crippen molar-refractivity contribution < 1.29 is 12.6 Å². The molecule has 134 valence electrons. The van der Waals surface area contributed by atoms with Gasteiger partial charge in [-0.1, -0.05) is 58.4 Å². The zero-order valence-electron chi connectivity index (χ0n) is 14.6. The molecule has 26 heavy (non-hydrogen) atoms. The first kappa shape index (κ1) is 18.8. The molecule has 0 aliphatic carbocycles. The van der Waals surface area contributed by atoms with E-state index in [1.807, 2.05) is 50.2 Å². The number of benzene rings is 3. The predicted octanol–water partition coefficient (Wildman–Crippen LogP) is 5.64. The minimum Gasteiger partial charge on any atom is -0.262 e. The van der Waals surface area contributed by atoms with Gasteiger partial charge >= 0.3 is 0 Å². The Bertz CT molecular complexity index is 1010. The second-order valence-electron chi connectivity index (χ2n) is 6.07. The zero-order valence-corrected chi connectivity index (χ0v) is 17.0. The summed E-state index contributed by atoms with van der Waals surface area (Å²) in [4.78, 5) is 0.148. The van der Waals surface area contributed by atoms with Gasteiger partial charge in [-0.05, 0) is 65.9 Å². The van der Waals surface area contributed by atoms with E-state index < -0.39 is 10.1 Å². The lowest BCUT2D eigenvalue weighted by Crippen LogP contribution is -2.08. The van der Waals surface area contributed by atoms with Crippen LogP contribution in [0, 0.1) is 13.8 Å². The van der Waals surface area contributed by atoms with Crippen LogP contribution in [0.15, 0.2) is 76.1 Å². The van der Waals surface area contributed by atoms with Crippen LogP contribution in [0.25, 0.3) is 11.1 Å². The van der Waals surface area contributed by atoms with Crippen LogP contribution in [0.3, 0.4) is 0 Å². The molecule has 5 heteroatoms. The number of rotatable bonds is 5. The second kappa shape index (κ2) is 7.74. The summed E-state index contributed by atoms with van der Waals surface area (Å²) in [7, 11) is -3.81. The SMILES string of the molecule is Cc1ccc(-c2ccccc2)c(C)c1COS(=O)(=O)c1ccc(Br)cc1. The quantitative estimate of drug-likeness (QED) is 0.491.